The van der Waals surface area contributed by atoms with Gasteiger partial charge in [0.15, 0.2) is 0 Å². The number of imide groups is 1. The molecular formula is C22H21FN2O3. The smallest absolute Gasteiger partial charge is 0.278 e. The van der Waals surface area contributed by atoms with Gasteiger partial charge >= 0.3 is 0 Å². The van der Waals surface area contributed by atoms with E-state index in [0.29, 0.717) is 36.4 Å². The molecule has 0 bridgehead atoms. The van der Waals surface area contributed by atoms with E-state index in [0.717, 1.165) is 17.7 Å². The number of halogens is 1. The summed E-state index contributed by atoms with van der Waals surface area (Å²) in [5.74, 6) is -1.03. The first-order valence-corrected chi connectivity index (χ1v) is 9.32. The van der Waals surface area contributed by atoms with Gasteiger partial charge in [-0.1, -0.05) is 30.3 Å². The lowest BCUT2D eigenvalue weighted by Crippen LogP contribution is -2.36. The van der Waals surface area contributed by atoms with Crippen LogP contribution in [0, 0.1) is 5.82 Å². The minimum absolute atomic E-state index is 0.287. The minimum atomic E-state index is -0.383. The molecule has 0 atom stereocenters. The Hall–Kier alpha value is -2.99. The van der Waals surface area contributed by atoms with Crippen molar-refractivity contribution in [2.75, 3.05) is 31.7 Å². The predicted molar refractivity (Wildman–Crippen MR) is 104 cm³/mol. The molecule has 4 rings (SSSR count). The van der Waals surface area contributed by atoms with E-state index in [1.165, 1.54) is 17.0 Å². The maximum absolute atomic E-state index is 13.4. The average molecular weight is 380 g/mol. The second-order valence-electron chi connectivity index (χ2n) is 6.87. The van der Waals surface area contributed by atoms with E-state index in [2.05, 4.69) is 0 Å². The molecule has 28 heavy (non-hydrogen) atoms. The van der Waals surface area contributed by atoms with Crippen molar-refractivity contribution < 1.29 is 18.7 Å². The van der Waals surface area contributed by atoms with Gasteiger partial charge in [-0.05, 0) is 42.2 Å². The maximum Gasteiger partial charge on any atom is 0.278 e. The van der Waals surface area contributed by atoms with Crippen LogP contribution < -0.4 is 4.90 Å². The fourth-order valence-electron chi connectivity index (χ4n) is 3.83. The number of hydrogen-bond donors (Lipinski definition) is 0. The third-order valence-electron chi connectivity index (χ3n) is 5.16. The number of hydrogen-bond acceptors (Lipinski definition) is 4. The number of carbonyl (C=O) groups excluding carboxylic acids is 2. The molecule has 0 spiro atoms. The fourth-order valence-corrected chi connectivity index (χ4v) is 3.83. The molecule has 2 aliphatic rings. The summed E-state index contributed by atoms with van der Waals surface area (Å²) in [7, 11) is 1.59. The number of amides is 2. The van der Waals surface area contributed by atoms with Crippen LogP contribution in [0.2, 0.25) is 0 Å². The largest absolute Gasteiger partial charge is 0.385 e. The van der Waals surface area contributed by atoms with Crippen LogP contribution in [0.25, 0.3) is 5.57 Å². The molecule has 2 heterocycles. The van der Waals surface area contributed by atoms with Gasteiger partial charge in [0.1, 0.15) is 11.5 Å². The molecule has 0 saturated carbocycles. The second-order valence-corrected chi connectivity index (χ2v) is 6.87. The normalized spacial score (nSPS) is 16.4. The summed E-state index contributed by atoms with van der Waals surface area (Å²) >= 11 is 0. The lowest BCUT2D eigenvalue weighted by molar-refractivity contribution is -0.137. The maximum atomic E-state index is 13.4. The minimum Gasteiger partial charge on any atom is -0.385 e. The second kappa shape index (κ2) is 7.56. The van der Waals surface area contributed by atoms with Crippen molar-refractivity contribution in [3.8, 4) is 0 Å². The molecular weight excluding hydrogens is 359 g/mol. The molecule has 2 aromatic rings. The number of benzene rings is 2. The van der Waals surface area contributed by atoms with Gasteiger partial charge in [0.2, 0.25) is 0 Å². The summed E-state index contributed by atoms with van der Waals surface area (Å²) in [5, 5.41) is 0. The van der Waals surface area contributed by atoms with Gasteiger partial charge in [0.05, 0.1) is 5.57 Å². The highest BCUT2D eigenvalue weighted by Gasteiger charge is 2.42. The zero-order valence-corrected chi connectivity index (χ0v) is 15.7. The summed E-state index contributed by atoms with van der Waals surface area (Å²) < 4.78 is 18.5. The van der Waals surface area contributed by atoms with Crippen molar-refractivity contribution in [3.63, 3.8) is 0 Å². The third kappa shape index (κ3) is 3.10. The first-order valence-electron chi connectivity index (χ1n) is 9.32. The van der Waals surface area contributed by atoms with Crippen molar-refractivity contribution in [2.24, 2.45) is 0 Å². The Labute approximate surface area is 163 Å². The molecule has 0 fully saturated rings. The quantitative estimate of drug-likeness (QED) is 0.571. The molecule has 5 nitrogen and oxygen atoms in total. The van der Waals surface area contributed by atoms with Crippen LogP contribution in [0.3, 0.4) is 0 Å². The van der Waals surface area contributed by atoms with E-state index in [1.807, 2.05) is 29.2 Å². The van der Waals surface area contributed by atoms with Crippen LogP contribution in [0.1, 0.15) is 17.5 Å². The molecule has 6 heteroatoms. The lowest BCUT2D eigenvalue weighted by Gasteiger charge is -2.21. The molecule has 0 radical (unpaired) electrons. The zero-order valence-electron chi connectivity index (χ0n) is 15.7. The molecule has 144 valence electrons. The highest BCUT2D eigenvalue weighted by atomic mass is 19.1. The SMILES string of the molecule is COCCCN1C(=O)C(c2ccc(F)cc2)=C(N2CCc3ccccc32)C1=O. The van der Waals surface area contributed by atoms with Gasteiger partial charge in [-0.2, -0.15) is 0 Å². The van der Waals surface area contributed by atoms with Crippen molar-refractivity contribution in [1.82, 2.24) is 4.90 Å². The molecule has 2 aromatic carbocycles. The van der Waals surface area contributed by atoms with Gasteiger partial charge < -0.3 is 9.64 Å². The Kier molecular flexibility index (Phi) is 4.96. The number of methoxy groups -OCH3 is 1. The fraction of sp³-hybridized carbons (Fsp3) is 0.273. The van der Waals surface area contributed by atoms with Crippen LogP contribution in [-0.4, -0.2) is 43.5 Å². The van der Waals surface area contributed by atoms with Gasteiger partial charge in [0.25, 0.3) is 11.8 Å². The predicted octanol–water partition coefficient (Wildman–Crippen LogP) is 3.00. The van der Waals surface area contributed by atoms with Crippen LogP contribution in [0.15, 0.2) is 54.2 Å². The van der Waals surface area contributed by atoms with E-state index in [1.54, 1.807) is 19.2 Å². The summed E-state index contributed by atoms with van der Waals surface area (Å²) in [6.45, 7) is 1.38. The number of rotatable bonds is 6. The molecule has 0 N–H and O–H groups in total. The Morgan fingerprint density at radius 3 is 2.54 bits per heavy atom. The van der Waals surface area contributed by atoms with Crippen molar-refractivity contribution in [2.45, 2.75) is 12.8 Å². The van der Waals surface area contributed by atoms with E-state index in [-0.39, 0.29) is 24.2 Å². The van der Waals surface area contributed by atoms with E-state index < -0.39 is 0 Å². The summed E-state index contributed by atoms with van der Waals surface area (Å²) in [4.78, 5) is 29.6. The van der Waals surface area contributed by atoms with Crippen molar-refractivity contribution in [3.05, 3.63) is 71.2 Å². The van der Waals surface area contributed by atoms with Crippen LogP contribution >= 0.6 is 0 Å². The number of ether oxygens (including phenoxy) is 1. The Balaban J connectivity index is 1.79. The number of anilines is 1. The van der Waals surface area contributed by atoms with Crippen LogP contribution in [0.5, 0.6) is 0 Å². The third-order valence-corrected chi connectivity index (χ3v) is 5.16. The first kappa shape index (κ1) is 18.4. The van der Waals surface area contributed by atoms with Crippen LogP contribution in [-0.2, 0) is 20.7 Å². The standard InChI is InChI=1S/C22H21FN2O3/c1-28-14-4-12-25-21(26)19(16-7-9-17(23)10-8-16)20(22(25)27)24-13-11-15-5-2-3-6-18(15)24/h2-3,5-10H,4,11-14H2,1H3. The highest BCUT2D eigenvalue weighted by molar-refractivity contribution is 6.36. The average Bonchev–Trinajstić information content (AvgIpc) is 3.22. The van der Waals surface area contributed by atoms with E-state index >= 15 is 0 Å². The number of para-hydroxylation sites is 1. The number of nitrogens with zero attached hydrogens (tertiary/aromatic N) is 2. The lowest BCUT2D eigenvalue weighted by atomic mass is 10.0. The van der Waals surface area contributed by atoms with Gasteiger partial charge in [-0.25, -0.2) is 4.39 Å². The van der Waals surface area contributed by atoms with E-state index in [9.17, 15) is 14.0 Å². The summed E-state index contributed by atoms with van der Waals surface area (Å²) in [6.07, 6.45) is 1.37. The van der Waals surface area contributed by atoms with Gasteiger partial charge in [0, 0.05) is 32.5 Å². The topological polar surface area (TPSA) is 49.9 Å². The Bertz CT molecular complexity index is 953. The molecule has 0 unspecified atom stereocenters. The first-order chi connectivity index (χ1) is 13.6. The summed E-state index contributed by atoms with van der Waals surface area (Å²) in [5.41, 5.74) is 3.34. The molecule has 2 aliphatic heterocycles. The monoisotopic (exact) mass is 380 g/mol. The highest BCUT2D eigenvalue weighted by Crippen LogP contribution is 2.38. The van der Waals surface area contributed by atoms with Crippen molar-refractivity contribution in [1.29, 1.82) is 0 Å². The zero-order chi connectivity index (χ0) is 19.7. The molecule has 0 aromatic heterocycles. The Morgan fingerprint density at radius 1 is 1.04 bits per heavy atom. The molecule has 0 aliphatic carbocycles. The van der Waals surface area contributed by atoms with Gasteiger partial charge in [-0.3, -0.25) is 14.5 Å². The Morgan fingerprint density at radius 2 is 1.79 bits per heavy atom. The molecule has 0 saturated heterocycles. The number of carbonyl (C=O) groups is 2. The van der Waals surface area contributed by atoms with E-state index in [4.69, 9.17) is 4.74 Å². The summed E-state index contributed by atoms with van der Waals surface area (Å²) in [6, 6.07) is 13.6. The van der Waals surface area contributed by atoms with Gasteiger partial charge in [-0.15, -0.1) is 0 Å². The van der Waals surface area contributed by atoms with Crippen molar-refractivity contribution >= 4 is 23.1 Å². The number of fused-ring (bicyclic) bond motifs is 1. The van der Waals surface area contributed by atoms with Crippen LogP contribution in [0.4, 0.5) is 10.1 Å². The molecule has 2 amide bonds.